The van der Waals surface area contributed by atoms with Crippen molar-refractivity contribution in [3.05, 3.63) is 47.6 Å². The molecule has 0 bridgehead atoms. The van der Waals surface area contributed by atoms with E-state index < -0.39 is 6.04 Å². The highest BCUT2D eigenvalue weighted by atomic mass is 16.5. The Morgan fingerprint density at radius 3 is 2.71 bits per heavy atom. The Morgan fingerprint density at radius 1 is 1.25 bits per heavy atom. The number of carbonyl (C=O) groups excluding carboxylic acids is 2. The highest BCUT2D eigenvalue weighted by Crippen LogP contribution is 2.25. The highest BCUT2D eigenvalue weighted by Gasteiger charge is 2.34. The van der Waals surface area contributed by atoms with Crippen molar-refractivity contribution in [3.8, 4) is 0 Å². The van der Waals surface area contributed by atoms with E-state index in [1.54, 1.807) is 16.7 Å². The maximum absolute atomic E-state index is 12.7. The van der Waals surface area contributed by atoms with Crippen LogP contribution in [0.3, 0.4) is 0 Å². The van der Waals surface area contributed by atoms with Gasteiger partial charge in [-0.25, -0.2) is 4.79 Å². The second kappa shape index (κ2) is 9.34. The molecule has 0 saturated carbocycles. The predicted molar refractivity (Wildman–Crippen MR) is 104 cm³/mol. The van der Waals surface area contributed by atoms with Gasteiger partial charge >= 0.3 is 6.03 Å². The molecule has 1 saturated heterocycles. The molecule has 1 unspecified atom stereocenters. The van der Waals surface area contributed by atoms with E-state index in [1.165, 1.54) is 5.56 Å². The van der Waals surface area contributed by atoms with Crippen LogP contribution < -0.4 is 5.32 Å². The summed E-state index contributed by atoms with van der Waals surface area (Å²) < 4.78 is 5.34. The molecule has 1 fully saturated rings. The molecule has 3 amide bonds. The van der Waals surface area contributed by atoms with E-state index in [2.05, 4.69) is 15.5 Å². The van der Waals surface area contributed by atoms with Crippen molar-refractivity contribution in [1.82, 2.24) is 25.3 Å². The molecule has 28 heavy (non-hydrogen) atoms. The van der Waals surface area contributed by atoms with Crippen LogP contribution in [0.2, 0.25) is 0 Å². The van der Waals surface area contributed by atoms with E-state index in [0.29, 0.717) is 50.7 Å². The van der Waals surface area contributed by atoms with E-state index in [0.717, 1.165) is 6.42 Å². The first kappa shape index (κ1) is 19.9. The molecule has 1 N–H and O–H groups in total. The molecule has 0 radical (unpaired) electrons. The fourth-order valence-corrected chi connectivity index (χ4v) is 3.40. The van der Waals surface area contributed by atoms with Gasteiger partial charge < -0.3 is 19.6 Å². The Morgan fingerprint density at radius 2 is 2.04 bits per heavy atom. The zero-order chi connectivity index (χ0) is 19.9. The van der Waals surface area contributed by atoms with Gasteiger partial charge in [-0.3, -0.25) is 4.79 Å². The molecule has 1 atom stereocenters. The summed E-state index contributed by atoms with van der Waals surface area (Å²) in [7, 11) is 0. The molecule has 8 heteroatoms. The van der Waals surface area contributed by atoms with Crippen molar-refractivity contribution in [1.29, 1.82) is 0 Å². The smallest absolute Gasteiger partial charge is 0.317 e. The lowest BCUT2D eigenvalue weighted by Gasteiger charge is -2.29. The number of nitrogens with zero attached hydrogens (tertiary/aromatic N) is 4. The summed E-state index contributed by atoms with van der Waals surface area (Å²) in [4.78, 5) is 32.9. The maximum atomic E-state index is 12.7. The van der Waals surface area contributed by atoms with Crippen LogP contribution in [0, 0.1) is 6.92 Å². The van der Waals surface area contributed by atoms with Gasteiger partial charge in [-0.1, -0.05) is 42.4 Å². The van der Waals surface area contributed by atoms with Gasteiger partial charge in [0.15, 0.2) is 5.82 Å². The second-order valence-electron chi connectivity index (χ2n) is 6.90. The van der Waals surface area contributed by atoms with E-state index in [4.69, 9.17) is 4.52 Å². The average Bonchev–Trinajstić information content (AvgIpc) is 3.01. The van der Waals surface area contributed by atoms with Crippen molar-refractivity contribution in [2.24, 2.45) is 0 Å². The number of urea groups is 1. The molecule has 2 aromatic rings. The Balaban J connectivity index is 1.66. The quantitative estimate of drug-likeness (QED) is 0.853. The van der Waals surface area contributed by atoms with E-state index in [9.17, 15) is 9.59 Å². The van der Waals surface area contributed by atoms with Gasteiger partial charge in [0.25, 0.3) is 5.89 Å². The minimum atomic E-state index is -0.420. The van der Waals surface area contributed by atoms with Gasteiger partial charge in [0, 0.05) is 26.1 Å². The molecule has 1 aromatic carbocycles. The van der Waals surface area contributed by atoms with Gasteiger partial charge in [0.2, 0.25) is 5.91 Å². The first-order valence-electron chi connectivity index (χ1n) is 9.75. The Bertz CT molecular complexity index is 792. The fourth-order valence-electron chi connectivity index (χ4n) is 3.40. The zero-order valence-electron chi connectivity index (χ0n) is 16.4. The third kappa shape index (κ3) is 4.88. The van der Waals surface area contributed by atoms with Crippen LogP contribution in [0.4, 0.5) is 4.79 Å². The Labute approximate surface area is 164 Å². The number of hydrogen-bond acceptors (Lipinski definition) is 5. The molecular weight excluding hydrogens is 358 g/mol. The van der Waals surface area contributed by atoms with E-state index >= 15 is 0 Å². The maximum Gasteiger partial charge on any atom is 0.317 e. The molecule has 0 spiro atoms. The SMILES string of the molecule is CCC(=O)N1CCCN(C(=O)NCCc2ccccc2)CC1c1nc(C)no1. The third-order valence-corrected chi connectivity index (χ3v) is 4.87. The van der Waals surface area contributed by atoms with Gasteiger partial charge in [-0.05, 0) is 25.3 Å². The molecule has 1 aromatic heterocycles. The van der Waals surface area contributed by atoms with Crippen molar-refractivity contribution in [2.45, 2.75) is 39.2 Å². The molecular formula is C20H27N5O3. The van der Waals surface area contributed by atoms with E-state index in [-0.39, 0.29) is 11.9 Å². The lowest BCUT2D eigenvalue weighted by atomic mass is 10.1. The van der Waals surface area contributed by atoms with E-state index in [1.807, 2.05) is 37.3 Å². The number of aryl methyl sites for hydroxylation is 1. The number of nitrogens with one attached hydrogen (secondary N) is 1. The molecule has 1 aliphatic rings. The minimum Gasteiger partial charge on any atom is -0.338 e. The standard InChI is InChI=1S/C20H27N5O3/c1-3-18(26)25-13-7-12-24(14-17(25)19-22-15(2)23-28-19)20(27)21-11-10-16-8-5-4-6-9-16/h4-6,8-9,17H,3,7,10-14H2,1-2H3,(H,21,27). The summed E-state index contributed by atoms with van der Waals surface area (Å²) in [5, 5.41) is 6.83. The number of benzene rings is 1. The highest BCUT2D eigenvalue weighted by molar-refractivity contribution is 5.77. The van der Waals surface area contributed by atoms with Gasteiger partial charge in [0.1, 0.15) is 6.04 Å². The van der Waals surface area contributed by atoms with Crippen LogP contribution >= 0.6 is 0 Å². The summed E-state index contributed by atoms with van der Waals surface area (Å²) in [5.41, 5.74) is 1.18. The van der Waals surface area contributed by atoms with Gasteiger partial charge in [-0.2, -0.15) is 4.98 Å². The molecule has 2 heterocycles. The fraction of sp³-hybridized carbons (Fsp3) is 0.500. The normalized spacial score (nSPS) is 17.3. The van der Waals surface area contributed by atoms with Gasteiger partial charge in [0.05, 0.1) is 6.54 Å². The monoisotopic (exact) mass is 385 g/mol. The molecule has 0 aliphatic carbocycles. The van der Waals surface area contributed by atoms with Crippen LogP contribution in [0.15, 0.2) is 34.9 Å². The van der Waals surface area contributed by atoms with Crippen LogP contribution in [0.1, 0.15) is 43.1 Å². The second-order valence-corrected chi connectivity index (χ2v) is 6.90. The summed E-state index contributed by atoms with van der Waals surface area (Å²) in [6.45, 7) is 5.60. The van der Waals surface area contributed by atoms with Gasteiger partial charge in [-0.15, -0.1) is 0 Å². The minimum absolute atomic E-state index is 0.0205. The molecule has 150 valence electrons. The first-order valence-corrected chi connectivity index (χ1v) is 9.75. The number of carbonyl (C=O) groups is 2. The van der Waals surface area contributed by atoms with Crippen LogP contribution in [0.5, 0.6) is 0 Å². The summed E-state index contributed by atoms with van der Waals surface area (Å²) in [6, 6.07) is 9.48. The topological polar surface area (TPSA) is 91.6 Å². The van der Waals surface area contributed by atoms with Crippen molar-refractivity contribution in [2.75, 3.05) is 26.2 Å². The summed E-state index contributed by atoms with van der Waals surface area (Å²) >= 11 is 0. The van der Waals surface area contributed by atoms with Crippen LogP contribution in [-0.2, 0) is 11.2 Å². The number of amides is 3. The lowest BCUT2D eigenvalue weighted by Crippen LogP contribution is -2.44. The molecule has 1 aliphatic heterocycles. The first-order chi connectivity index (χ1) is 13.6. The largest absolute Gasteiger partial charge is 0.338 e. The van der Waals surface area contributed by atoms with Crippen molar-refractivity contribution >= 4 is 11.9 Å². The third-order valence-electron chi connectivity index (χ3n) is 4.87. The predicted octanol–water partition coefficient (Wildman–Crippen LogP) is 2.32. The number of rotatable bonds is 5. The molecule has 3 rings (SSSR count). The Kier molecular flexibility index (Phi) is 6.62. The lowest BCUT2D eigenvalue weighted by molar-refractivity contribution is -0.133. The number of hydrogen-bond donors (Lipinski definition) is 1. The zero-order valence-corrected chi connectivity index (χ0v) is 16.4. The summed E-state index contributed by atoms with van der Waals surface area (Å²) in [5.74, 6) is 0.914. The average molecular weight is 385 g/mol. The molecule has 8 nitrogen and oxygen atoms in total. The van der Waals surface area contributed by atoms with Crippen molar-refractivity contribution < 1.29 is 14.1 Å². The summed E-state index contributed by atoms with van der Waals surface area (Å²) in [6.07, 6.45) is 1.88. The van der Waals surface area contributed by atoms with Crippen LogP contribution in [0.25, 0.3) is 0 Å². The Hall–Kier alpha value is -2.90. The number of aromatic nitrogens is 2. The van der Waals surface area contributed by atoms with Crippen molar-refractivity contribution in [3.63, 3.8) is 0 Å². The van der Waals surface area contributed by atoms with Crippen LogP contribution in [-0.4, -0.2) is 58.1 Å².